The van der Waals surface area contributed by atoms with Crippen LogP contribution in [0.25, 0.3) is 0 Å². The van der Waals surface area contributed by atoms with E-state index in [0.29, 0.717) is 69.0 Å². The van der Waals surface area contributed by atoms with Gasteiger partial charge in [0, 0.05) is 52.9 Å². The van der Waals surface area contributed by atoms with Crippen LogP contribution in [0.2, 0.25) is 0 Å². The van der Waals surface area contributed by atoms with E-state index < -0.39 is 0 Å². The molecule has 14 heteroatoms. The lowest BCUT2D eigenvalue weighted by Gasteiger charge is -2.09. The van der Waals surface area contributed by atoms with E-state index in [0.717, 1.165) is 114 Å². The molecule has 0 bridgehead atoms. The van der Waals surface area contributed by atoms with Gasteiger partial charge in [-0.15, -0.1) is 0 Å². The van der Waals surface area contributed by atoms with E-state index in [1.54, 1.807) is 0 Å². The molecule has 428 valence electrons. The zero-order chi connectivity index (χ0) is 55.5. The minimum atomic E-state index is -0.296. The summed E-state index contributed by atoms with van der Waals surface area (Å²) in [5.74, 6) is 6.25. The maximum atomic E-state index is 8.90. The second kappa shape index (κ2) is 73.0. The number of aliphatic hydroxyl groups excluding tert-OH is 4. The molecule has 0 amide bonds. The van der Waals surface area contributed by atoms with Crippen LogP contribution < -0.4 is 56.9 Å². The zero-order valence-corrected chi connectivity index (χ0v) is 49.3. The van der Waals surface area contributed by atoms with Crippen LogP contribution in [-0.2, 0) is 0 Å². The van der Waals surface area contributed by atoms with Gasteiger partial charge in [-0.05, 0) is 163 Å². The lowest BCUT2D eigenvalue weighted by Crippen LogP contribution is -2.30. The summed E-state index contributed by atoms with van der Waals surface area (Å²) in [6.45, 7) is 46.0. The maximum Gasteiger partial charge on any atom is 0.0664 e. The lowest BCUT2D eigenvalue weighted by atomic mass is 10.1. The predicted octanol–water partition coefficient (Wildman–Crippen LogP) is 7.37. The molecule has 0 unspecified atom stereocenters. The average Bonchev–Trinajstić information content (AvgIpc) is 3.22. The second-order valence-electron chi connectivity index (χ2n) is 21.8. The number of hydrogen-bond donors (Lipinski definition) is 14. The SMILES string of the molecule is CC(C)CCCN.CC(C)CCCO.CC(C)CCN.CC(C)CCNCCCN.CC(C)CCO.CC(C)C[C@@H](N)CN.CC(C)C[C@@H](O)CN.CC(C)C[C@H](N)CN.CC(C)C[C@H](O)CN.[HH]. The third-order valence-corrected chi connectivity index (χ3v) is 9.02. The van der Waals surface area contributed by atoms with Gasteiger partial charge in [0.15, 0.2) is 0 Å². The third-order valence-electron chi connectivity index (χ3n) is 9.02. The Labute approximate surface area is 428 Å². The van der Waals surface area contributed by atoms with Crippen molar-refractivity contribution in [1.29, 1.82) is 0 Å². The van der Waals surface area contributed by atoms with Crippen molar-refractivity contribution in [1.82, 2.24) is 5.32 Å². The molecule has 0 aliphatic heterocycles. The summed E-state index contributed by atoms with van der Waals surface area (Å²) in [6, 6.07) is 0.407. The number of aliphatic hydroxyl groups is 4. The average molecular weight is 992 g/mol. The molecule has 23 N–H and O–H groups in total. The highest BCUT2D eigenvalue weighted by molar-refractivity contribution is 4.63. The Kier molecular flexibility index (Phi) is 93.5. The second-order valence-corrected chi connectivity index (χ2v) is 21.8. The molecule has 0 aromatic heterocycles. The minimum absolute atomic E-state index is 0. The lowest BCUT2D eigenvalue weighted by molar-refractivity contribution is 0.156. The molecule has 0 fully saturated rings. The summed E-state index contributed by atoms with van der Waals surface area (Å²) in [6.07, 6.45) is 12.1. The standard InChI is InChI=1S/C8H20N2.2C6H16N2.2C6H15NO.C6H15N.C6H14O.C5H13N.C5H12O.H2/c1-8(2)4-7-10-6-3-5-9;4*1-5(2)3-6(8)4-7;2*1-6(2)4-3-5-7;2*1-5(2)3-4-6;/h8,10H,3-7,9H2,1-2H3;2*5-6H,3-4,7-8H2,1-2H3;2*5-6,8H,3-4,7H2,1-2H3;6H,3-5,7H2,1-2H3;6-7H,3-5H2,1-2H3;5H,3-4,6H2,1-2H3;5-6H,3-4H2,1-2H3;1H/t;4*6-;;;;;/m.1010...../s1. The first-order chi connectivity index (χ1) is 31.5. The quantitative estimate of drug-likeness (QED) is 0.0341. The smallest absolute Gasteiger partial charge is 0.0664 e. The van der Waals surface area contributed by atoms with E-state index in [2.05, 4.69) is 130 Å². The van der Waals surface area contributed by atoms with E-state index in [-0.39, 0.29) is 25.7 Å². The fourth-order valence-corrected chi connectivity index (χ4v) is 5.04. The van der Waals surface area contributed by atoms with Crippen molar-refractivity contribution in [3.8, 4) is 0 Å². The number of hydrogen-bond acceptors (Lipinski definition) is 14. The van der Waals surface area contributed by atoms with Gasteiger partial charge in [-0.3, -0.25) is 0 Å². The molecule has 0 aliphatic rings. The van der Waals surface area contributed by atoms with Crippen LogP contribution >= 0.6 is 0 Å². The van der Waals surface area contributed by atoms with E-state index in [1.807, 2.05) is 0 Å². The molecule has 4 atom stereocenters. The largest absolute Gasteiger partial charge is 0.396 e. The van der Waals surface area contributed by atoms with Crippen molar-refractivity contribution in [3.05, 3.63) is 0 Å². The van der Waals surface area contributed by atoms with Gasteiger partial charge in [0.05, 0.1) is 12.2 Å². The van der Waals surface area contributed by atoms with Crippen molar-refractivity contribution >= 4 is 0 Å². The van der Waals surface area contributed by atoms with Crippen LogP contribution in [0.15, 0.2) is 0 Å². The molecule has 0 aromatic carbocycles. The molecule has 14 nitrogen and oxygen atoms in total. The number of rotatable bonds is 28. The molecule has 0 radical (unpaired) electrons. The van der Waals surface area contributed by atoms with Crippen molar-refractivity contribution in [3.63, 3.8) is 0 Å². The van der Waals surface area contributed by atoms with Crippen LogP contribution in [0.1, 0.15) is 203 Å². The van der Waals surface area contributed by atoms with Crippen LogP contribution in [0, 0.1) is 53.3 Å². The van der Waals surface area contributed by atoms with E-state index in [1.165, 1.54) is 19.3 Å². The van der Waals surface area contributed by atoms with Crippen LogP contribution in [0.4, 0.5) is 0 Å². The summed E-state index contributed by atoms with van der Waals surface area (Å²) < 4.78 is 0. The van der Waals surface area contributed by atoms with Gasteiger partial charge in [0.2, 0.25) is 0 Å². The van der Waals surface area contributed by atoms with Gasteiger partial charge in [-0.2, -0.15) is 0 Å². The summed E-state index contributed by atoms with van der Waals surface area (Å²) in [5.41, 5.74) is 47.9. The Balaban J connectivity index is -0.0000000711. The van der Waals surface area contributed by atoms with E-state index in [9.17, 15) is 0 Å². The minimum Gasteiger partial charge on any atom is -0.396 e. The molecule has 0 spiro atoms. The topological polar surface area (TPSA) is 327 Å². The van der Waals surface area contributed by atoms with Gasteiger partial charge >= 0.3 is 0 Å². The number of nitrogens with one attached hydrogen (secondary N) is 1. The van der Waals surface area contributed by atoms with Gasteiger partial charge in [-0.1, -0.05) is 125 Å². The zero-order valence-electron chi connectivity index (χ0n) is 49.3. The summed E-state index contributed by atoms with van der Waals surface area (Å²) in [5, 5.41) is 37.7. The van der Waals surface area contributed by atoms with Crippen LogP contribution in [-0.4, -0.2) is 117 Å². The molecular formula is C54H138N10O4. The monoisotopic (exact) mass is 991 g/mol. The van der Waals surface area contributed by atoms with Crippen molar-refractivity contribution in [2.24, 2.45) is 105 Å². The highest BCUT2D eigenvalue weighted by Gasteiger charge is 2.04. The molecule has 0 aromatic rings. The molecule has 0 aliphatic carbocycles. The highest BCUT2D eigenvalue weighted by atomic mass is 16.3. The van der Waals surface area contributed by atoms with Crippen molar-refractivity contribution in [2.45, 2.75) is 226 Å². The normalized spacial score (nSPS) is 12.4. The Hall–Kier alpha value is -0.560. The first kappa shape index (κ1) is 87.2. The summed E-state index contributed by atoms with van der Waals surface area (Å²) in [7, 11) is 0. The summed E-state index contributed by atoms with van der Waals surface area (Å²) in [4.78, 5) is 0. The number of nitrogens with two attached hydrogens (primary N) is 9. The Morgan fingerprint density at radius 1 is 0.338 bits per heavy atom. The third kappa shape index (κ3) is 138. The van der Waals surface area contributed by atoms with E-state index in [4.69, 9.17) is 72.0 Å². The van der Waals surface area contributed by atoms with Gasteiger partial charge in [-0.25, -0.2) is 0 Å². The van der Waals surface area contributed by atoms with Gasteiger partial charge in [0.25, 0.3) is 0 Å². The first-order valence-corrected chi connectivity index (χ1v) is 27.2. The molecule has 68 heavy (non-hydrogen) atoms. The van der Waals surface area contributed by atoms with Crippen molar-refractivity contribution in [2.75, 3.05) is 72.1 Å². The first-order valence-electron chi connectivity index (χ1n) is 27.2. The Bertz CT molecular complexity index is 719. The fraction of sp³-hybridized carbons (Fsp3) is 1.00. The molecule has 0 saturated heterocycles. The Morgan fingerprint density at radius 2 is 0.662 bits per heavy atom. The molecule has 0 heterocycles. The van der Waals surface area contributed by atoms with Crippen molar-refractivity contribution < 1.29 is 21.9 Å². The molecular weight excluding hydrogens is 853 g/mol. The maximum absolute atomic E-state index is 8.90. The van der Waals surface area contributed by atoms with E-state index >= 15 is 0 Å². The Morgan fingerprint density at radius 3 is 0.794 bits per heavy atom. The molecule has 0 rings (SSSR count). The molecule has 0 saturated carbocycles. The fourth-order valence-electron chi connectivity index (χ4n) is 5.04. The van der Waals surface area contributed by atoms with Gasteiger partial charge < -0.3 is 77.3 Å². The van der Waals surface area contributed by atoms with Gasteiger partial charge in [0.1, 0.15) is 0 Å². The van der Waals surface area contributed by atoms with Crippen LogP contribution in [0.5, 0.6) is 0 Å². The summed E-state index contributed by atoms with van der Waals surface area (Å²) >= 11 is 0. The predicted molar refractivity (Wildman–Crippen MR) is 309 cm³/mol. The van der Waals surface area contributed by atoms with Crippen LogP contribution in [0.3, 0.4) is 0 Å². The highest BCUT2D eigenvalue weighted by Crippen LogP contribution is 2.04.